The summed E-state index contributed by atoms with van der Waals surface area (Å²) in [6.07, 6.45) is 7.63. The average molecular weight is 285 g/mol. The van der Waals surface area contributed by atoms with E-state index in [-0.39, 0.29) is 5.41 Å². The van der Waals surface area contributed by atoms with Crippen molar-refractivity contribution in [2.45, 2.75) is 64.7 Å². The number of rotatable bonds is 7. The van der Waals surface area contributed by atoms with Crippen LogP contribution in [0.15, 0.2) is 23.2 Å². The van der Waals surface area contributed by atoms with Crippen LogP contribution in [-0.2, 0) is 5.41 Å². The lowest BCUT2D eigenvalue weighted by atomic mass is 9.76. The predicted molar refractivity (Wildman–Crippen MR) is 90.4 cm³/mol. The van der Waals surface area contributed by atoms with Crippen molar-refractivity contribution in [2.75, 3.05) is 0 Å². The maximum absolute atomic E-state index is 7.91. The summed E-state index contributed by atoms with van der Waals surface area (Å²) in [6, 6.07) is 6.11. The van der Waals surface area contributed by atoms with Crippen LogP contribution in [0, 0.1) is 5.41 Å². The Balaban J connectivity index is 2.14. The third-order valence-electron chi connectivity index (χ3n) is 4.44. The van der Waals surface area contributed by atoms with E-state index in [1.165, 1.54) is 37.7 Å². The van der Waals surface area contributed by atoms with Gasteiger partial charge in [0.05, 0.1) is 0 Å². The molecule has 0 radical (unpaired) electrons. The minimum absolute atomic E-state index is 0.0717. The van der Waals surface area contributed by atoms with E-state index < -0.39 is 0 Å². The van der Waals surface area contributed by atoms with Gasteiger partial charge in [-0.3, -0.25) is 5.41 Å². The van der Waals surface area contributed by atoms with E-state index in [0.29, 0.717) is 11.7 Å². The number of nitrogens with two attached hydrogens (primary N) is 1. The van der Waals surface area contributed by atoms with Crippen molar-refractivity contribution in [1.82, 2.24) is 0 Å². The lowest BCUT2D eigenvalue weighted by Crippen LogP contribution is -2.24. The zero-order chi connectivity index (χ0) is 15.5. The van der Waals surface area contributed by atoms with E-state index in [9.17, 15) is 0 Å². The highest BCUT2D eigenvalue weighted by atomic mass is 14.9. The molecule has 0 fully saturated rings. The van der Waals surface area contributed by atoms with E-state index in [1.54, 1.807) is 0 Å². The number of amidine groups is 2. The molecule has 3 heteroatoms. The molecule has 0 spiro atoms. The SMILES string of the molecule is CCCCCCCC(C)(C)c1cccc2c1C(N)=NC2=N. The molecule has 3 nitrogen and oxygen atoms in total. The Kier molecular flexibility index (Phi) is 4.81. The molecule has 0 aliphatic carbocycles. The van der Waals surface area contributed by atoms with E-state index in [0.717, 1.165) is 17.5 Å². The molecule has 0 aromatic heterocycles. The predicted octanol–water partition coefficient (Wildman–Crippen LogP) is 4.37. The standard InChI is InChI=1S/C18H27N3/c1-4-5-6-7-8-12-18(2,3)14-11-9-10-13-15(14)17(20)21-16(13)19/h9-11H,4-8,12H2,1-3H3,(H3,19,20,21). The van der Waals surface area contributed by atoms with Gasteiger partial charge in [0.15, 0.2) is 5.84 Å². The molecule has 0 bridgehead atoms. The summed E-state index contributed by atoms with van der Waals surface area (Å²) in [7, 11) is 0. The summed E-state index contributed by atoms with van der Waals surface area (Å²) in [5, 5.41) is 7.91. The van der Waals surface area contributed by atoms with Gasteiger partial charge in [-0.05, 0) is 17.4 Å². The number of benzene rings is 1. The second-order valence-corrected chi connectivity index (χ2v) is 6.62. The summed E-state index contributed by atoms with van der Waals surface area (Å²) in [4.78, 5) is 4.13. The van der Waals surface area contributed by atoms with Crippen LogP contribution in [0.2, 0.25) is 0 Å². The van der Waals surface area contributed by atoms with Gasteiger partial charge in [-0.1, -0.05) is 71.1 Å². The van der Waals surface area contributed by atoms with Gasteiger partial charge in [0.25, 0.3) is 0 Å². The normalized spacial score (nSPS) is 14.2. The fourth-order valence-corrected chi connectivity index (χ4v) is 3.13. The second kappa shape index (κ2) is 6.42. The summed E-state index contributed by atoms with van der Waals surface area (Å²) < 4.78 is 0. The molecule has 0 saturated carbocycles. The van der Waals surface area contributed by atoms with Crippen molar-refractivity contribution in [3.63, 3.8) is 0 Å². The van der Waals surface area contributed by atoms with Crippen molar-refractivity contribution >= 4 is 11.7 Å². The molecule has 0 saturated heterocycles. The Morgan fingerprint density at radius 2 is 1.86 bits per heavy atom. The van der Waals surface area contributed by atoms with Gasteiger partial charge in [-0.25, -0.2) is 4.99 Å². The Hall–Kier alpha value is -1.64. The zero-order valence-electron chi connectivity index (χ0n) is 13.5. The van der Waals surface area contributed by atoms with Crippen molar-refractivity contribution in [1.29, 1.82) is 5.41 Å². The summed E-state index contributed by atoms with van der Waals surface area (Å²) >= 11 is 0. The van der Waals surface area contributed by atoms with Gasteiger partial charge < -0.3 is 5.73 Å². The van der Waals surface area contributed by atoms with Crippen LogP contribution in [0.3, 0.4) is 0 Å². The van der Waals surface area contributed by atoms with Crippen LogP contribution >= 0.6 is 0 Å². The van der Waals surface area contributed by atoms with Crippen LogP contribution in [-0.4, -0.2) is 11.7 Å². The molecule has 2 rings (SSSR count). The molecule has 3 N–H and O–H groups in total. The van der Waals surface area contributed by atoms with Crippen LogP contribution in [0.1, 0.15) is 76.0 Å². The fraction of sp³-hybridized carbons (Fsp3) is 0.556. The molecule has 114 valence electrons. The highest BCUT2D eigenvalue weighted by molar-refractivity contribution is 6.21. The first-order chi connectivity index (χ1) is 9.97. The number of fused-ring (bicyclic) bond motifs is 1. The first-order valence-corrected chi connectivity index (χ1v) is 8.04. The first kappa shape index (κ1) is 15.7. The monoisotopic (exact) mass is 285 g/mol. The lowest BCUT2D eigenvalue weighted by molar-refractivity contribution is 0.443. The molecule has 1 aliphatic rings. The van der Waals surface area contributed by atoms with E-state index in [1.807, 2.05) is 12.1 Å². The topological polar surface area (TPSA) is 62.2 Å². The van der Waals surface area contributed by atoms with Crippen molar-refractivity contribution in [2.24, 2.45) is 10.7 Å². The van der Waals surface area contributed by atoms with Gasteiger partial charge in [0.1, 0.15) is 5.84 Å². The number of hydrogen-bond acceptors (Lipinski definition) is 2. The molecule has 1 aromatic carbocycles. The molecule has 0 unspecified atom stereocenters. The largest absolute Gasteiger partial charge is 0.383 e. The summed E-state index contributed by atoms with van der Waals surface area (Å²) in [6.45, 7) is 6.80. The lowest BCUT2D eigenvalue weighted by Gasteiger charge is -2.27. The number of nitrogens with one attached hydrogen (secondary N) is 1. The van der Waals surface area contributed by atoms with E-state index >= 15 is 0 Å². The van der Waals surface area contributed by atoms with E-state index in [4.69, 9.17) is 11.1 Å². The molecule has 0 atom stereocenters. The molecule has 21 heavy (non-hydrogen) atoms. The van der Waals surface area contributed by atoms with Gasteiger partial charge >= 0.3 is 0 Å². The Bertz CT molecular complexity index is 556. The zero-order valence-corrected chi connectivity index (χ0v) is 13.5. The Labute approximate surface area is 128 Å². The third-order valence-corrected chi connectivity index (χ3v) is 4.44. The number of aliphatic imine (C=N–C) groups is 1. The Morgan fingerprint density at radius 3 is 2.57 bits per heavy atom. The quantitative estimate of drug-likeness (QED) is 0.718. The fourth-order valence-electron chi connectivity index (χ4n) is 3.13. The van der Waals surface area contributed by atoms with Crippen molar-refractivity contribution < 1.29 is 0 Å². The van der Waals surface area contributed by atoms with Crippen molar-refractivity contribution in [3.05, 3.63) is 34.9 Å². The minimum atomic E-state index is 0.0717. The van der Waals surface area contributed by atoms with Crippen molar-refractivity contribution in [3.8, 4) is 0 Å². The molecule has 0 amide bonds. The van der Waals surface area contributed by atoms with Gasteiger partial charge in [-0.2, -0.15) is 0 Å². The maximum Gasteiger partial charge on any atom is 0.154 e. The summed E-state index contributed by atoms with van der Waals surface area (Å²) in [5.74, 6) is 0.799. The first-order valence-electron chi connectivity index (χ1n) is 8.04. The smallest absolute Gasteiger partial charge is 0.154 e. The summed E-state index contributed by atoms with van der Waals surface area (Å²) in [5.41, 5.74) is 9.21. The van der Waals surface area contributed by atoms with Gasteiger partial charge in [0.2, 0.25) is 0 Å². The van der Waals surface area contributed by atoms with Gasteiger partial charge in [-0.15, -0.1) is 0 Å². The van der Waals surface area contributed by atoms with Crippen LogP contribution in [0.25, 0.3) is 0 Å². The molecule has 1 heterocycles. The highest BCUT2D eigenvalue weighted by Gasteiger charge is 2.29. The van der Waals surface area contributed by atoms with Crippen LogP contribution < -0.4 is 5.73 Å². The number of nitrogens with zero attached hydrogens (tertiary/aromatic N) is 1. The highest BCUT2D eigenvalue weighted by Crippen LogP contribution is 2.35. The number of unbranched alkanes of at least 4 members (excludes halogenated alkanes) is 4. The molecular formula is C18H27N3. The van der Waals surface area contributed by atoms with Gasteiger partial charge in [0, 0.05) is 11.1 Å². The Morgan fingerprint density at radius 1 is 1.14 bits per heavy atom. The van der Waals surface area contributed by atoms with Crippen LogP contribution in [0.4, 0.5) is 0 Å². The minimum Gasteiger partial charge on any atom is -0.383 e. The van der Waals surface area contributed by atoms with E-state index in [2.05, 4.69) is 31.8 Å². The molecule has 1 aromatic rings. The van der Waals surface area contributed by atoms with Crippen LogP contribution in [0.5, 0.6) is 0 Å². The second-order valence-electron chi connectivity index (χ2n) is 6.62. The third kappa shape index (κ3) is 3.34. The molecule has 1 aliphatic heterocycles. The number of hydrogen-bond donors (Lipinski definition) is 2. The molecular weight excluding hydrogens is 258 g/mol. The maximum atomic E-state index is 7.91. The average Bonchev–Trinajstić information content (AvgIpc) is 2.74.